The molecule has 38 heteroatoms. The van der Waals surface area contributed by atoms with Crippen molar-refractivity contribution in [2.45, 2.75) is 215 Å². The summed E-state index contributed by atoms with van der Waals surface area (Å²) in [6.45, 7) is -1.16. The average molecular weight is 1490 g/mol. The average Bonchev–Trinajstić information content (AvgIpc) is 0.778. The Balaban J connectivity index is 1.25. The number of hydrogen-bond acceptors (Lipinski definition) is 37. The van der Waals surface area contributed by atoms with Crippen LogP contribution < -0.4 is 0 Å². The first-order chi connectivity index (χ1) is 48.8. The lowest BCUT2D eigenvalue weighted by atomic mass is 9.94. The first-order valence-corrected chi connectivity index (χ1v) is 35.0. The fourth-order valence-electron chi connectivity index (χ4n) is 14.9. The van der Waals surface area contributed by atoms with Gasteiger partial charge in [-0.25, -0.2) is 0 Å². The molecule has 0 aromatic carbocycles. The van der Waals surface area contributed by atoms with Gasteiger partial charge in [0, 0.05) is 142 Å². The van der Waals surface area contributed by atoms with Crippen molar-refractivity contribution in [2.75, 3.05) is 195 Å². The molecule has 0 aliphatic carbocycles. The maximum Gasteiger partial charge on any atom is 0.264 e. The first-order valence-electron chi connectivity index (χ1n) is 33.2. The van der Waals surface area contributed by atoms with Crippen LogP contribution >= 0.6 is 0 Å². The van der Waals surface area contributed by atoms with Crippen molar-refractivity contribution in [2.24, 2.45) is 0 Å². The Bertz CT molecular complexity index is 2440. The van der Waals surface area contributed by atoms with Crippen molar-refractivity contribution >= 4 is 10.1 Å². The number of methoxy groups -OCH3 is 20. The highest BCUT2D eigenvalue weighted by Crippen LogP contribution is 2.43. The van der Waals surface area contributed by atoms with Crippen LogP contribution in [-0.4, -0.2) is 418 Å². The SMILES string of the molecule is COC[C@H]1O[C@@H]2O[C@H]3[C@H](OC)[C@@H](OC)[C@@H](O[C@H]4[C@H](OC)[C@@H](OC)[C@@H](O[C@H]5[C@H](OC)[C@@H](OC)[C@@H](O[C@H]6[C@H](OC)[C@@H](OC)[C@@H](O[C@H]7[C@H](OC)[C@@H](OC)[C@@H](O[C@H]8[C@H](OC)[C@@H](OC)[C@@H](O[C@H]1[C@H](OC)[C@H]2OC)O[C@@H]8COC)O[C@@H]7COC)O[C@@H]6COC)O[C@@H]5COS(C)(=O)=O)O[C@@H]4COC)O[C@@H]3COC. The van der Waals surface area contributed by atoms with Gasteiger partial charge in [0.2, 0.25) is 0 Å². The van der Waals surface area contributed by atoms with Crippen LogP contribution in [-0.2, 0) is 175 Å². The van der Waals surface area contributed by atoms with Gasteiger partial charge in [-0.3, -0.25) is 4.18 Å². The summed E-state index contributed by atoms with van der Waals surface area (Å²) >= 11 is 0. The van der Waals surface area contributed by atoms with E-state index in [1.54, 1.807) is 0 Å². The van der Waals surface area contributed by atoms with Crippen LogP contribution in [0, 0.1) is 0 Å². The molecule has 0 amide bonds. The molecule has 101 heavy (non-hydrogen) atoms. The normalized spacial score (nSPS) is 45.2. The van der Waals surface area contributed by atoms with Crippen LogP contribution in [0.1, 0.15) is 0 Å². The Labute approximate surface area is 591 Å². The van der Waals surface area contributed by atoms with Crippen molar-refractivity contribution in [3.05, 3.63) is 0 Å². The molecule has 0 saturated carbocycles. The molecular weight excluding hydrogens is 1380 g/mol. The van der Waals surface area contributed by atoms with E-state index in [-0.39, 0.29) is 39.6 Å². The van der Waals surface area contributed by atoms with Crippen LogP contribution in [0.5, 0.6) is 0 Å². The lowest BCUT2D eigenvalue weighted by Gasteiger charge is -2.52. The van der Waals surface area contributed by atoms with Crippen molar-refractivity contribution < 1.29 is 174 Å². The van der Waals surface area contributed by atoms with E-state index in [9.17, 15) is 8.42 Å². The molecule has 0 aromatic rings. The van der Waals surface area contributed by atoms with Crippen molar-refractivity contribution in [3.8, 4) is 0 Å². The minimum absolute atomic E-state index is 0.0615. The minimum atomic E-state index is -4.15. The molecule has 21 saturated heterocycles. The van der Waals surface area contributed by atoms with Gasteiger partial charge in [-0.05, 0) is 0 Å². The van der Waals surface area contributed by atoms with Gasteiger partial charge in [-0.1, -0.05) is 0 Å². The third-order valence-electron chi connectivity index (χ3n) is 19.4. The molecule has 0 aromatic heterocycles. The summed E-state index contributed by atoms with van der Waals surface area (Å²) in [5, 5.41) is 0. The Morgan fingerprint density at radius 2 is 0.327 bits per heavy atom. The quantitative estimate of drug-likeness (QED) is 0.0720. The zero-order valence-electron chi connectivity index (χ0n) is 61.7. The largest absolute Gasteiger partial charge is 0.382 e. The molecule has 14 bridgehead atoms. The Kier molecular flexibility index (Phi) is 34.4. The van der Waals surface area contributed by atoms with Gasteiger partial charge in [0.15, 0.2) is 44.0 Å². The van der Waals surface area contributed by atoms with Crippen molar-refractivity contribution in [1.29, 1.82) is 0 Å². The topological polar surface area (TPSA) is 357 Å². The standard InChI is InChI=1S/C63H112O37S/c1-66-22-29-36-43(72-7)51(80-15)58(88-29)96-38-31(24-68-3)90-60(53(82-17)45(38)74-9)98-40-33(26-70-5)92-62(55(84-19)47(40)76-11)100-42-35(28-86-101(21,64)65)93-63(56(85-20)49(42)78-13)99-41-34(27-71-6)91-61(54(83-18)48(41)77-12)97-39-32(25-69-4)89-59(52(81-16)46(39)75-10)95-37-30(23-67-2)87-57(94-36)50(79-14)44(37)73-8/h29-63H,22-28H2,1-21H3/t29-,30-,31-,32-,33-,34-,35-,36-,37-,38-,39-,40-,41-,42-,43+,44+,45+,46+,47+,48+,49+,50-,51-,52-,53-,54-,55-,56-,57-,58-,59-,60-,61-,62-,63-/m1/s1. The molecule has 37 nitrogen and oxygen atoms in total. The van der Waals surface area contributed by atoms with Crippen molar-refractivity contribution in [3.63, 3.8) is 0 Å². The Morgan fingerprint density at radius 3 is 0.436 bits per heavy atom. The van der Waals surface area contributed by atoms with E-state index in [1.165, 1.54) is 142 Å². The van der Waals surface area contributed by atoms with E-state index >= 15 is 0 Å². The smallest absolute Gasteiger partial charge is 0.264 e. The number of hydrogen-bond donors (Lipinski definition) is 0. The third kappa shape index (κ3) is 19.2. The van der Waals surface area contributed by atoms with E-state index in [0.717, 1.165) is 6.26 Å². The molecule has 21 rings (SSSR count). The Morgan fingerprint density at radius 1 is 0.198 bits per heavy atom. The molecule has 21 aliphatic heterocycles. The summed E-state index contributed by atoms with van der Waals surface area (Å²) in [5.41, 5.74) is 0. The highest BCUT2D eigenvalue weighted by atomic mass is 32.2. The molecule has 21 heterocycles. The van der Waals surface area contributed by atoms with Gasteiger partial charge in [0.1, 0.15) is 171 Å². The van der Waals surface area contributed by atoms with Crippen LogP contribution in [0.25, 0.3) is 0 Å². The van der Waals surface area contributed by atoms with Crippen molar-refractivity contribution in [1.82, 2.24) is 0 Å². The highest BCUT2D eigenvalue weighted by Gasteiger charge is 2.62. The molecule has 0 N–H and O–H groups in total. The second-order valence-electron chi connectivity index (χ2n) is 25.0. The van der Waals surface area contributed by atoms with Gasteiger partial charge in [0.05, 0.1) is 52.5 Å². The van der Waals surface area contributed by atoms with E-state index in [4.69, 9.17) is 165 Å². The molecule has 0 radical (unpaired) electrons. The fraction of sp³-hybridized carbons (Fsp3) is 1.00. The molecule has 0 spiro atoms. The predicted molar refractivity (Wildman–Crippen MR) is 338 cm³/mol. The van der Waals surface area contributed by atoms with E-state index in [1.807, 2.05) is 0 Å². The zero-order valence-corrected chi connectivity index (χ0v) is 62.5. The van der Waals surface area contributed by atoms with Crippen LogP contribution in [0.3, 0.4) is 0 Å². The molecule has 21 aliphatic rings. The number of rotatable bonds is 29. The second kappa shape index (κ2) is 40.8. The van der Waals surface area contributed by atoms with Gasteiger partial charge < -0.3 is 161 Å². The summed E-state index contributed by atoms with van der Waals surface area (Å²) in [6.07, 6.45) is -38.2. The molecule has 592 valence electrons. The van der Waals surface area contributed by atoms with Crippen LogP contribution in [0.2, 0.25) is 0 Å². The lowest BCUT2D eigenvalue weighted by Crippen LogP contribution is -2.69. The fourth-order valence-corrected chi connectivity index (χ4v) is 15.3. The third-order valence-corrected chi connectivity index (χ3v) is 20.0. The van der Waals surface area contributed by atoms with Gasteiger partial charge in [0.25, 0.3) is 10.1 Å². The van der Waals surface area contributed by atoms with Gasteiger partial charge in [-0.2, -0.15) is 8.42 Å². The number of ether oxygens (including phenoxy) is 34. The van der Waals surface area contributed by atoms with Crippen LogP contribution in [0.15, 0.2) is 0 Å². The summed E-state index contributed by atoms with van der Waals surface area (Å²) in [6, 6.07) is 0. The lowest BCUT2D eigenvalue weighted by molar-refractivity contribution is -0.402. The maximum atomic E-state index is 12.9. The first kappa shape index (κ1) is 85.2. The Hall–Kier alpha value is -1.45. The van der Waals surface area contributed by atoms with Crippen LogP contribution in [0.4, 0.5) is 0 Å². The summed E-state index contributed by atoms with van der Waals surface area (Å²) < 4.78 is 251. The molecule has 0 unspecified atom stereocenters. The maximum absolute atomic E-state index is 12.9. The zero-order chi connectivity index (χ0) is 73.4. The van der Waals surface area contributed by atoms with E-state index < -0.39 is 232 Å². The molecule has 21 fully saturated rings. The second-order valence-corrected chi connectivity index (χ2v) is 26.7. The van der Waals surface area contributed by atoms with E-state index in [0.29, 0.717) is 0 Å². The monoisotopic (exact) mass is 1490 g/mol. The molecular formula is C63H112O37S. The highest BCUT2D eigenvalue weighted by molar-refractivity contribution is 7.86. The summed E-state index contributed by atoms with van der Waals surface area (Å²) in [5.74, 6) is 0. The summed E-state index contributed by atoms with van der Waals surface area (Å²) in [4.78, 5) is 0. The van der Waals surface area contributed by atoms with E-state index in [2.05, 4.69) is 0 Å². The predicted octanol–water partition coefficient (Wildman–Crippen LogP) is -2.16. The summed E-state index contributed by atoms with van der Waals surface area (Å²) in [7, 11) is 25.2. The minimum Gasteiger partial charge on any atom is -0.382 e. The molecule has 35 atom stereocenters. The van der Waals surface area contributed by atoms with Gasteiger partial charge in [-0.15, -0.1) is 0 Å². The van der Waals surface area contributed by atoms with Gasteiger partial charge >= 0.3 is 0 Å².